The molecule has 1 aromatic heterocycles. The molecule has 3 rings (SSSR count). The highest BCUT2D eigenvalue weighted by Crippen LogP contribution is 2.30. The van der Waals surface area contributed by atoms with Gasteiger partial charge in [-0.25, -0.2) is 4.79 Å². The van der Waals surface area contributed by atoms with Crippen LogP contribution in [0, 0.1) is 0 Å². The van der Waals surface area contributed by atoms with E-state index < -0.39 is 0 Å². The molecule has 180 valence electrons. The van der Waals surface area contributed by atoms with Crippen LogP contribution in [-0.2, 0) is 13.1 Å². The van der Waals surface area contributed by atoms with Crippen molar-refractivity contribution >= 4 is 23.3 Å². The summed E-state index contributed by atoms with van der Waals surface area (Å²) in [4.78, 5) is 29.1. The van der Waals surface area contributed by atoms with E-state index in [1.54, 1.807) is 23.8 Å². The predicted molar refractivity (Wildman–Crippen MR) is 133 cm³/mol. The van der Waals surface area contributed by atoms with Gasteiger partial charge >= 0.3 is 5.69 Å². The lowest BCUT2D eigenvalue weighted by molar-refractivity contribution is 0.289. The average Bonchev–Trinajstić information content (AvgIpc) is 2.83. The molecule has 2 aromatic carbocycles. The second kappa shape index (κ2) is 11.8. The van der Waals surface area contributed by atoms with Crippen molar-refractivity contribution in [2.24, 2.45) is 0 Å². The van der Waals surface area contributed by atoms with Crippen LogP contribution in [0.3, 0.4) is 0 Å². The Kier molecular flexibility index (Phi) is 9.37. The molecule has 0 spiro atoms. The topological polar surface area (TPSA) is 74.9 Å². The zero-order chi connectivity index (χ0) is 23.3. The minimum absolute atomic E-state index is 0. The Morgan fingerprint density at radius 3 is 2.00 bits per heavy atom. The maximum Gasteiger partial charge on any atom is 0.331 e. The highest BCUT2D eigenvalue weighted by molar-refractivity contribution is 5.85. The van der Waals surface area contributed by atoms with Gasteiger partial charge in [0.15, 0.2) is 11.5 Å². The number of aromatic nitrogens is 2. The third kappa shape index (κ3) is 5.51. The Labute approximate surface area is 199 Å². The summed E-state index contributed by atoms with van der Waals surface area (Å²) in [5, 5.41) is 0.412. The van der Waals surface area contributed by atoms with Crippen LogP contribution in [0.5, 0.6) is 17.2 Å². The van der Waals surface area contributed by atoms with Gasteiger partial charge in [-0.15, -0.1) is 12.4 Å². The number of ether oxygens (including phenoxy) is 3. The van der Waals surface area contributed by atoms with Crippen LogP contribution < -0.4 is 25.5 Å². The van der Waals surface area contributed by atoms with Gasteiger partial charge in [0.1, 0.15) is 5.75 Å². The Morgan fingerprint density at radius 2 is 1.45 bits per heavy atom. The standard InChI is InChI=1S/C24H31N3O5.ClH/c1-6-25(7-2)12-13-26-20-15-22(32-5)21(31-4)14-19(20)23(28)27(24(26)29)16-17-8-10-18(30-3)11-9-17;/h8-11,14-15H,6-7,12-13,16H2,1-5H3;1H. The van der Waals surface area contributed by atoms with Crippen LogP contribution in [0.25, 0.3) is 10.9 Å². The fourth-order valence-corrected chi connectivity index (χ4v) is 3.79. The van der Waals surface area contributed by atoms with E-state index in [0.29, 0.717) is 41.2 Å². The van der Waals surface area contributed by atoms with Gasteiger partial charge in [-0.3, -0.25) is 13.9 Å². The fourth-order valence-electron chi connectivity index (χ4n) is 3.79. The Balaban J connectivity index is 0.00000385. The fraction of sp³-hybridized carbons (Fsp3) is 0.417. The molecular weight excluding hydrogens is 446 g/mol. The molecule has 0 aliphatic heterocycles. The third-order valence-corrected chi connectivity index (χ3v) is 5.76. The number of nitrogens with zero attached hydrogens (tertiary/aromatic N) is 3. The zero-order valence-electron chi connectivity index (χ0n) is 19.8. The quantitative estimate of drug-likeness (QED) is 0.447. The molecule has 0 aliphatic carbocycles. The van der Waals surface area contributed by atoms with Gasteiger partial charge in [-0.1, -0.05) is 26.0 Å². The molecule has 8 nitrogen and oxygen atoms in total. The summed E-state index contributed by atoms with van der Waals surface area (Å²) in [7, 11) is 4.65. The van der Waals surface area contributed by atoms with E-state index in [2.05, 4.69) is 18.7 Å². The number of hydrogen-bond acceptors (Lipinski definition) is 6. The van der Waals surface area contributed by atoms with Crippen molar-refractivity contribution in [2.75, 3.05) is 41.0 Å². The number of halogens is 1. The molecule has 1 heterocycles. The van der Waals surface area contributed by atoms with E-state index >= 15 is 0 Å². The molecule has 0 atom stereocenters. The molecule has 0 saturated carbocycles. The smallest absolute Gasteiger partial charge is 0.331 e. The van der Waals surface area contributed by atoms with E-state index in [-0.39, 0.29) is 30.2 Å². The van der Waals surface area contributed by atoms with Crippen molar-refractivity contribution in [1.29, 1.82) is 0 Å². The molecule has 33 heavy (non-hydrogen) atoms. The van der Waals surface area contributed by atoms with Crippen molar-refractivity contribution in [3.05, 3.63) is 62.8 Å². The number of benzene rings is 2. The number of rotatable bonds is 10. The Morgan fingerprint density at radius 1 is 0.848 bits per heavy atom. The zero-order valence-corrected chi connectivity index (χ0v) is 20.6. The Bertz CT molecular complexity index is 1180. The third-order valence-electron chi connectivity index (χ3n) is 5.76. The van der Waals surface area contributed by atoms with Crippen LogP contribution in [-0.4, -0.2) is 55.0 Å². The lowest BCUT2D eigenvalue weighted by Gasteiger charge is -2.21. The highest BCUT2D eigenvalue weighted by Gasteiger charge is 2.18. The highest BCUT2D eigenvalue weighted by atomic mass is 35.5. The first kappa shape index (κ1) is 26.3. The van der Waals surface area contributed by atoms with Crippen LogP contribution in [0.1, 0.15) is 19.4 Å². The minimum Gasteiger partial charge on any atom is -0.497 e. The molecule has 0 radical (unpaired) electrons. The summed E-state index contributed by atoms with van der Waals surface area (Å²) in [6, 6.07) is 10.7. The first-order chi connectivity index (χ1) is 15.5. The van der Waals surface area contributed by atoms with Crippen molar-refractivity contribution in [3.63, 3.8) is 0 Å². The number of hydrogen-bond donors (Lipinski definition) is 0. The summed E-state index contributed by atoms with van der Waals surface area (Å²) in [6.07, 6.45) is 0. The number of methoxy groups -OCH3 is 3. The molecule has 0 N–H and O–H groups in total. The molecular formula is C24H32ClN3O5. The van der Waals surface area contributed by atoms with Crippen LogP contribution >= 0.6 is 12.4 Å². The summed E-state index contributed by atoms with van der Waals surface area (Å²) < 4.78 is 19.0. The van der Waals surface area contributed by atoms with E-state index in [1.165, 1.54) is 18.8 Å². The maximum atomic E-state index is 13.5. The lowest BCUT2D eigenvalue weighted by Crippen LogP contribution is -2.42. The first-order valence-electron chi connectivity index (χ1n) is 10.7. The molecule has 0 unspecified atom stereocenters. The summed E-state index contributed by atoms with van der Waals surface area (Å²) >= 11 is 0. The van der Waals surface area contributed by atoms with Gasteiger partial charge in [-0.2, -0.15) is 0 Å². The molecule has 0 aliphatic rings. The molecule has 9 heteroatoms. The van der Waals surface area contributed by atoms with Gasteiger partial charge in [0.2, 0.25) is 0 Å². The molecule has 0 bridgehead atoms. The summed E-state index contributed by atoms with van der Waals surface area (Å²) in [5.74, 6) is 1.64. The first-order valence-corrected chi connectivity index (χ1v) is 10.7. The lowest BCUT2D eigenvalue weighted by atomic mass is 10.2. The van der Waals surface area contributed by atoms with Crippen molar-refractivity contribution in [3.8, 4) is 17.2 Å². The van der Waals surface area contributed by atoms with E-state index in [0.717, 1.165) is 18.7 Å². The van der Waals surface area contributed by atoms with E-state index in [1.807, 2.05) is 24.3 Å². The van der Waals surface area contributed by atoms with Gasteiger partial charge < -0.3 is 19.1 Å². The van der Waals surface area contributed by atoms with Gasteiger partial charge in [0, 0.05) is 19.2 Å². The number of likely N-dealkylation sites (N-methyl/N-ethyl adjacent to an activating group) is 1. The van der Waals surface area contributed by atoms with Crippen molar-refractivity contribution in [2.45, 2.75) is 26.9 Å². The molecule has 0 fully saturated rings. The maximum absolute atomic E-state index is 13.5. The van der Waals surface area contributed by atoms with Crippen molar-refractivity contribution in [1.82, 2.24) is 14.0 Å². The van der Waals surface area contributed by atoms with Gasteiger partial charge in [0.25, 0.3) is 5.56 Å². The largest absolute Gasteiger partial charge is 0.497 e. The monoisotopic (exact) mass is 477 g/mol. The van der Waals surface area contributed by atoms with Crippen molar-refractivity contribution < 1.29 is 14.2 Å². The molecule has 0 saturated heterocycles. The van der Waals surface area contributed by atoms with Gasteiger partial charge in [-0.05, 0) is 36.9 Å². The Hall–Kier alpha value is -2.97. The second-order valence-electron chi connectivity index (χ2n) is 7.42. The van der Waals surface area contributed by atoms with Crippen LogP contribution in [0.4, 0.5) is 0 Å². The average molecular weight is 478 g/mol. The van der Waals surface area contributed by atoms with Gasteiger partial charge in [0.05, 0.1) is 38.8 Å². The van der Waals surface area contributed by atoms with E-state index in [9.17, 15) is 9.59 Å². The molecule has 3 aromatic rings. The SMILES string of the molecule is CCN(CC)CCn1c(=O)n(Cc2ccc(OC)cc2)c(=O)c2cc(OC)c(OC)cc21.Cl. The van der Waals surface area contributed by atoms with E-state index in [4.69, 9.17) is 14.2 Å². The van der Waals surface area contributed by atoms with Crippen LogP contribution in [0.2, 0.25) is 0 Å². The summed E-state index contributed by atoms with van der Waals surface area (Å²) in [6.45, 7) is 7.24. The number of fused-ring (bicyclic) bond motifs is 1. The minimum atomic E-state index is -0.360. The summed E-state index contributed by atoms with van der Waals surface area (Å²) in [5.41, 5.74) is 0.662. The normalized spacial score (nSPS) is 10.8. The van der Waals surface area contributed by atoms with Crippen LogP contribution in [0.15, 0.2) is 46.0 Å². The molecule has 0 amide bonds. The second-order valence-corrected chi connectivity index (χ2v) is 7.42. The predicted octanol–water partition coefficient (Wildman–Crippen LogP) is 3.00.